The van der Waals surface area contributed by atoms with Crippen LogP contribution in [-0.4, -0.2) is 20.8 Å². The van der Waals surface area contributed by atoms with Crippen LogP contribution in [0.15, 0.2) is 181 Å². The smallest absolute Gasteiger partial charge is 0.153 e. The van der Waals surface area contributed by atoms with Crippen LogP contribution in [0.5, 0.6) is 0 Å². The highest BCUT2D eigenvalue weighted by Gasteiger charge is 2.28. The topological polar surface area (TPSA) is 54.4 Å². The lowest BCUT2D eigenvalue weighted by Crippen LogP contribution is -2.24. The van der Waals surface area contributed by atoms with Gasteiger partial charge in [-0.25, -0.2) is 0 Å². The van der Waals surface area contributed by atoms with Gasteiger partial charge in [0.05, 0.1) is 22.8 Å². The number of aliphatic hydroxyl groups excluding tert-OH is 1. The molecule has 4 aromatic heterocycles. The Kier molecular flexibility index (Phi) is 7.67. The zero-order chi connectivity index (χ0) is 39.2. The van der Waals surface area contributed by atoms with Crippen molar-refractivity contribution in [2.45, 2.75) is 24.9 Å². The van der Waals surface area contributed by atoms with Crippen molar-refractivity contribution in [3.8, 4) is 11.1 Å². The molecule has 0 fully saturated rings. The third-order valence-corrected chi connectivity index (χ3v) is 13.6. The Bertz CT molecular complexity index is 3350. The second kappa shape index (κ2) is 13.3. The molecule has 0 saturated carbocycles. The van der Waals surface area contributed by atoms with Crippen LogP contribution in [0.2, 0.25) is 0 Å². The third-order valence-electron chi connectivity index (χ3n) is 12.3. The highest BCUT2D eigenvalue weighted by Crippen LogP contribution is 2.47. The maximum Gasteiger partial charge on any atom is 0.153 e. The minimum Gasteiger partial charge on any atom is -0.454 e. The first-order chi connectivity index (χ1) is 29.1. The molecular formula is C53H37N3O2S. The number of allylic oxidation sites excluding steroid dienone is 6. The van der Waals surface area contributed by atoms with Gasteiger partial charge in [0.25, 0.3) is 0 Å². The fraction of sp³-hybridized carbons (Fsp3) is 0.0755. The number of benzene rings is 5. The summed E-state index contributed by atoms with van der Waals surface area (Å²) in [6.45, 7) is 4.61. The Morgan fingerprint density at radius 1 is 0.746 bits per heavy atom. The normalized spacial score (nSPS) is 18.9. The van der Waals surface area contributed by atoms with Crippen molar-refractivity contribution >= 4 is 88.3 Å². The summed E-state index contributed by atoms with van der Waals surface area (Å²) in [6, 6.07) is 40.7. The Hall–Kier alpha value is -6.99. The predicted molar refractivity (Wildman–Crippen MR) is 246 cm³/mol. The number of hydrogen-bond donors (Lipinski definition) is 1. The van der Waals surface area contributed by atoms with E-state index in [0.717, 1.165) is 74.1 Å². The number of pyridine rings is 1. The number of aryl methyl sites for hydroxylation is 1. The molecule has 12 rings (SSSR count). The number of aliphatic hydroxyl groups is 1. The average molecular weight is 780 g/mol. The number of aromatic nitrogens is 2. The maximum atomic E-state index is 11.5. The van der Waals surface area contributed by atoms with Crippen LogP contribution < -0.4 is 4.90 Å². The zero-order valence-electron chi connectivity index (χ0n) is 32.0. The quantitative estimate of drug-likeness (QED) is 0.193. The highest BCUT2D eigenvalue weighted by molar-refractivity contribution is 7.19. The number of thiophene rings is 1. The lowest BCUT2D eigenvalue weighted by atomic mass is 9.87. The van der Waals surface area contributed by atoms with Crippen LogP contribution in [0.1, 0.15) is 33.9 Å². The van der Waals surface area contributed by atoms with Gasteiger partial charge in [0, 0.05) is 66.4 Å². The molecule has 59 heavy (non-hydrogen) atoms. The monoisotopic (exact) mass is 779 g/mol. The molecule has 1 aliphatic heterocycles. The number of nitrogens with zero attached hydrogens (tertiary/aromatic N) is 3. The zero-order valence-corrected chi connectivity index (χ0v) is 32.9. The summed E-state index contributed by atoms with van der Waals surface area (Å²) < 4.78 is 9.77. The first-order valence-corrected chi connectivity index (χ1v) is 21.0. The molecule has 2 atom stereocenters. The van der Waals surface area contributed by atoms with E-state index in [1.165, 1.54) is 48.0 Å². The molecule has 1 N–H and O–H groups in total. The summed E-state index contributed by atoms with van der Waals surface area (Å²) in [5, 5.41) is 16.3. The number of fused-ring (bicyclic) bond motifs is 11. The first-order valence-electron chi connectivity index (χ1n) is 20.1. The van der Waals surface area contributed by atoms with Gasteiger partial charge >= 0.3 is 0 Å². The molecule has 2 unspecified atom stereocenters. The van der Waals surface area contributed by atoms with Crippen molar-refractivity contribution < 1.29 is 9.52 Å². The summed E-state index contributed by atoms with van der Waals surface area (Å²) >= 11 is 1.90. The Morgan fingerprint density at radius 2 is 1.58 bits per heavy atom. The molecule has 5 aromatic carbocycles. The molecule has 0 spiro atoms. The molecule has 0 bridgehead atoms. The predicted octanol–water partition coefficient (Wildman–Crippen LogP) is 13.4. The molecule has 5 heterocycles. The molecule has 0 radical (unpaired) electrons. The molecule has 0 saturated heterocycles. The van der Waals surface area contributed by atoms with E-state index >= 15 is 0 Å². The molecule has 2 aliphatic carbocycles. The number of rotatable bonds is 4. The number of anilines is 1. The van der Waals surface area contributed by atoms with Crippen molar-refractivity contribution in [3.63, 3.8) is 0 Å². The number of furan rings is 1. The maximum absolute atomic E-state index is 11.5. The molecule has 3 aliphatic rings. The Labute approximate surface area is 344 Å². The second-order valence-electron chi connectivity index (χ2n) is 15.6. The molecule has 0 amide bonds. The van der Waals surface area contributed by atoms with Crippen molar-refractivity contribution in [2.75, 3.05) is 4.90 Å². The van der Waals surface area contributed by atoms with Gasteiger partial charge in [0.1, 0.15) is 11.1 Å². The first kappa shape index (κ1) is 34.1. The largest absolute Gasteiger partial charge is 0.454 e. The van der Waals surface area contributed by atoms with Crippen molar-refractivity contribution in [2.24, 2.45) is 0 Å². The van der Waals surface area contributed by atoms with E-state index in [9.17, 15) is 5.11 Å². The van der Waals surface area contributed by atoms with E-state index in [0.29, 0.717) is 0 Å². The van der Waals surface area contributed by atoms with Gasteiger partial charge in [0.2, 0.25) is 0 Å². The van der Waals surface area contributed by atoms with Gasteiger partial charge in [-0.1, -0.05) is 97.6 Å². The fourth-order valence-electron chi connectivity index (χ4n) is 9.47. The van der Waals surface area contributed by atoms with Gasteiger partial charge in [-0.2, -0.15) is 0 Å². The summed E-state index contributed by atoms with van der Waals surface area (Å²) in [5.74, 6) is -0.252. The van der Waals surface area contributed by atoms with E-state index < -0.39 is 6.10 Å². The van der Waals surface area contributed by atoms with Crippen LogP contribution in [0, 0.1) is 0 Å². The lowest BCUT2D eigenvalue weighted by Gasteiger charge is -2.31. The van der Waals surface area contributed by atoms with E-state index in [2.05, 4.69) is 155 Å². The van der Waals surface area contributed by atoms with Crippen LogP contribution in [0.25, 0.3) is 82.4 Å². The number of hydrogen-bond acceptors (Lipinski definition) is 5. The minimum atomic E-state index is -0.673. The van der Waals surface area contributed by atoms with E-state index in [-0.39, 0.29) is 5.92 Å². The van der Waals surface area contributed by atoms with Crippen LogP contribution in [-0.2, 0) is 6.42 Å². The molecule has 282 valence electrons. The van der Waals surface area contributed by atoms with Gasteiger partial charge in [-0.05, 0) is 107 Å². The molecule has 6 heteroatoms. The minimum absolute atomic E-state index is 0.252. The molecule has 9 aromatic rings. The lowest BCUT2D eigenvalue weighted by molar-refractivity contribution is 0.205. The van der Waals surface area contributed by atoms with Gasteiger partial charge < -0.3 is 19.0 Å². The van der Waals surface area contributed by atoms with Gasteiger partial charge in [0.15, 0.2) is 5.58 Å². The van der Waals surface area contributed by atoms with E-state index in [1.807, 2.05) is 41.7 Å². The second-order valence-corrected chi connectivity index (χ2v) is 16.7. The summed E-state index contributed by atoms with van der Waals surface area (Å²) in [5.41, 5.74) is 15.0. The fourth-order valence-corrected chi connectivity index (χ4v) is 10.8. The average Bonchev–Trinajstić information content (AvgIpc) is 3.95. The van der Waals surface area contributed by atoms with Crippen molar-refractivity contribution in [1.29, 1.82) is 0 Å². The van der Waals surface area contributed by atoms with Gasteiger partial charge in [-0.15, -0.1) is 11.3 Å². The van der Waals surface area contributed by atoms with Crippen molar-refractivity contribution in [1.82, 2.24) is 9.55 Å². The van der Waals surface area contributed by atoms with Crippen LogP contribution in [0.4, 0.5) is 5.69 Å². The summed E-state index contributed by atoms with van der Waals surface area (Å²) in [7, 11) is 0. The highest BCUT2D eigenvalue weighted by atomic mass is 32.1. The van der Waals surface area contributed by atoms with E-state index in [1.54, 1.807) is 6.20 Å². The van der Waals surface area contributed by atoms with Crippen LogP contribution in [0.3, 0.4) is 0 Å². The third kappa shape index (κ3) is 5.37. The van der Waals surface area contributed by atoms with E-state index in [4.69, 9.17) is 4.42 Å². The Balaban J connectivity index is 0.937. The summed E-state index contributed by atoms with van der Waals surface area (Å²) in [4.78, 5) is 8.26. The molecule has 5 nitrogen and oxygen atoms in total. The summed E-state index contributed by atoms with van der Waals surface area (Å²) in [6.07, 6.45) is 20.1. The van der Waals surface area contributed by atoms with Gasteiger partial charge in [-0.3, -0.25) is 4.98 Å². The SMILES string of the molecule is C=C1/C=C\C=C/N(C2=CC(c3cccc(-c4ccc5oc6cccnc6c5c4)c3)C(O)C=C2)c2ccc3c4c(sc3c21)CCC(n1c2ccccc2c2ccccc21)=C4. The Morgan fingerprint density at radius 3 is 2.44 bits per heavy atom. The number of para-hydroxylation sites is 2. The molecular weight excluding hydrogens is 743 g/mol. The van der Waals surface area contributed by atoms with Crippen molar-refractivity contribution in [3.05, 3.63) is 198 Å². The van der Waals surface area contributed by atoms with Crippen LogP contribution >= 0.6 is 11.3 Å². The standard InChI is InChI=1S/C53H37N3O2S/c1-32-10-6-7-27-55(36-19-23-47(57)41(30-36)35-12-8-11-33(28-35)34-18-24-48-43(29-34)52-49(58-48)17-9-26-54-52)46-22-21-40-42-31-37(20-25-50(42)59-53(40)51(32)46)56-44-15-4-2-13-38(44)39-14-3-5-16-45(39)56/h2-19,21-24,26-31,41,47,57H,1,20,25H2/b10-6-,27-7-.